The number of allylic oxidation sites excluding steroid dienone is 5. The summed E-state index contributed by atoms with van der Waals surface area (Å²) in [6, 6.07) is 68.0. The maximum Gasteiger partial charge on any atom is 0.138 e. The Labute approximate surface area is 414 Å². The number of aromatic nitrogens is 3. The van der Waals surface area contributed by atoms with Crippen LogP contribution in [0.15, 0.2) is 257 Å². The standard InChI is InChI=1S/C66H42N4O2/c1-3-10-51(11-4-1)69-59-24-18-41(14-15-49(59)34-50-33-44(19-25-60(50)69)47-16-22-53-57-39-67-30-28-63(57)71-65(53)37-47)42-8-7-9-43(32-42)45-20-26-61-55(35-45)56-36-46(21-27-62(56)70(61)52-12-5-2-6-13-52)48-17-23-54-58-40-68-31-29-64(58)72-66(54)38-48/h1-33,35-41H,34H2. The number of nitrogens with zero attached hydrogens (tertiary/aromatic N) is 4. The first-order valence-electron chi connectivity index (χ1n) is 24.5. The molecule has 5 aromatic heterocycles. The first kappa shape index (κ1) is 40.4. The number of hydrogen-bond donors (Lipinski definition) is 0. The quantitative estimate of drug-likeness (QED) is 0.166. The topological polar surface area (TPSA) is 60.2 Å². The fraction of sp³-hybridized carbons (Fsp3) is 0.0303. The molecule has 0 bridgehead atoms. The monoisotopic (exact) mass is 922 g/mol. The summed E-state index contributed by atoms with van der Waals surface area (Å²) in [5.74, 6) is 0.0734. The van der Waals surface area contributed by atoms with Crippen LogP contribution in [-0.4, -0.2) is 14.5 Å². The molecular weight excluding hydrogens is 881 g/mol. The molecule has 338 valence electrons. The maximum absolute atomic E-state index is 6.29. The summed E-state index contributed by atoms with van der Waals surface area (Å²) in [7, 11) is 0. The van der Waals surface area contributed by atoms with Crippen molar-refractivity contribution in [3.05, 3.63) is 260 Å². The van der Waals surface area contributed by atoms with Crippen molar-refractivity contribution in [3.63, 3.8) is 0 Å². The molecule has 2 aliphatic rings. The molecule has 8 aromatic carbocycles. The predicted octanol–water partition coefficient (Wildman–Crippen LogP) is 17.2. The summed E-state index contributed by atoms with van der Waals surface area (Å²) in [6.07, 6.45) is 17.6. The number of anilines is 2. The largest absolute Gasteiger partial charge is 0.456 e. The molecule has 1 aliphatic carbocycles. The number of fused-ring (bicyclic) bond motifs is 10. The number of benzene rings is 8. The van der Waals surface area contributed by atoms with Crippen LogP contribution in [0.25, 0.3) is 105 Å². The Morgan fingerprint density at radius 2 is 0.972 bits per heavy atom. The van der Waals surface area contributed by atoms with Crippen LogP contribution >= 0.6 is 0 Å². The Bertz CT molecular complexity index is 4440. The van der Waals surface area contributed by atoms with Gasteiger partial charge >= 0.3 is 0 Å². The molecule has 6 nitrogen and oxygen atoms in total. The highest BCUT2D eigenvalue weighted by Gasteiger charge is 2.27. The van der Waals surface area contributed by atoms with E-state index in [2.05, 4.69) is 220 Å². The van der Waals surface area contributed by atoms with E-state index >= 15 is 0 Å². The Morgan fingerprint density at radius 3 is 1.62 bits per heavy atom. The number of pyridine rings is 2. The van der Waals surface area contributed by atoms with Crippen molar-refractivity contribution in [1.82, 2.24) is 14.5 Å². The highest BCUT2D eigenvalue weighted by atomic mass is 16.3. The summed E-state index contributed by atoms with van der Waals surface area (Å²) >= 11 is 0. The molecule has 6 heteroatoms. The molecule has 72 heavy (non-hydrogen) atoms. The average molecular weight is 923 g/mol. The molecule has 1 aliphatic heterocycles. The van der Waals surface area contributed by atoms with Crippen molar-refractivity contribution < 1.29 is 8.83 Å². The van der Waals surface area contributed by atoms with E-state index in [1.54, 1.807) is 12.4 Å². The summed E-state index contributed by atoms with van der Waals surface area (Å²) < 4.78 is 15.0. The van der Waals surface area contributed by atoms with Gasteiger partial charge in [-0.25, -0.2) is 0 Å². The zero-order valence-corrected chi connectivity index (χ0v) is 38.9. The van der Waals surface area contributed by atoms with E-state index in [4.69, 9.17) is 8.83 Å². The minimum atomic E-state index is 0.0734. The molecule has 1 atom stereocenters. The van der Waals surface area contributed by atoms with E-state index < -0.39 is 0 Å². The minimum Gasteiger partial charge on any atom is -0.456 e. The molecule has 0 saturated heterocycles. The average Bonchev–Trinajstić information content (AvgIpc) is 4.06. The molecule has 0 saturated carbocycles. The smallest absolute Gasteiger partial charge is 0.138 e. The van der Waals surface area contributed by atoms with Gasteiger partial charge in [0.2, 0.25) is 0 Å². The highest BCUT2D eigenvalue weighted by Crippen LogP contribution is 2.45. The third kappa shape index (κ3) is 6.50. The summed E-state index contributed by atoms with van der Waals surface area (Å²) in [4.78, 5) is 11.1. The SMILES string of the molecule is C1=CC(c2cccc(-c3ccc4c(c3)c3cc(-c5ccc6c(c5)oc5ccncc56)ccc3n4-c3ccccc3)c2)C=CC2=C1Cc1cc(-c3ccc4c(c3)oc3ccncc34)ccc1N2c1ccccc1. The third-order valence-corrected chi connectivity index (χ3v) is 14.8. The van der Waals surface area contributed by atoms with Crippen molar-refractivity contribution >= 4 is 77.1 Å². The van der Waals surface area contributed by atoms with Crippen LogP contribution in [0.3, 0.4) is 0 Å². The van der Waals surface area contributed by atoms with Gasteiger partial charge in [0.05, 0.1) is 11.0 Å². The van der Waals surface area contributed by atoms with Crippen LogP contribution in [0.2, 0.25) is 0 Å². The van der Waals surface area contributed by atoms with Crippen LogP contribution in [0, 0.1) is 0 Å². The van der Waals surface area contributed by atoms with Gasteiger partial charge in [-0.3, -0.25) is 9.97 Å². The minimum absolute atomic E-state index is 0.0734. The van der Waals surface area contributed by atoms with Gasteiger partial charge in [0.15, 0.2) is 0 Å². The lowest BCUT2D eigenvalue weighted by atomic mass is 9.91. The highest BCUT2D eigenvalue weighted by molar-refractivity contribution is 6.12. The number of hydrogen-bond acceptors (Lipinski definition) is 5. The molecule has 0 N–H and O–H groups in total. The van der Waals surface area contributed by atoms with Gasteiger partial charge in [0.25, 0.3) is 0 Å². The fourth-order valence-corrected chi connectivity index (χ4v) is 11.3. The van der Waals surface area contributed by atoms with Gasteiger partial charge in [0, 0.05) is 92.2 Å². The van der Waals surface area contributed by atoms with Crippen LogP contribution in [-0.2, 0) is 6.42 Å². The Balaban J connectivity index is 0.783. The normalized spacial score (nSPS) is 14.6. The predicted molar refractivity (Wildman–Crippen MR) is 294 cm³/mol. The van der Waals surface area contributed by atoms with E-state index in [1.807, 2.05) is 24.5 Å². The number of furan rings is 2. The molecule has 0 radical (unpaired) electrons. The van der Waals surface area contributed by atoms with Crippen LogP contribution < -0.4 is 4.90 Å². The van der Waals surface area contributed by atoms with Gasteiger partial charge in [-0.15, -0.1) is 0 Å². The number of rotatable bonds is 6. The lowest BCUT2D eigenvalue weighted by Crippen LogP contribution is -2.22. The van der Waals surface area contributed by atoms with Crippen molar-refractivity contribution in [2.45, 2.75) is 12.3 Å². The van der Waals surface area contributed by atoms with E-state index in [1.165, 1.54) is 55.5 Å². The maximum atomic E-state index is 6.29. The molecule has 1 unspecified atom stereocenters. The van der Waals surface area contributed by atoms with E-state index in [0.717, 1.165) is 89.4 Å². The Kier molecular flexibility index (Phi) is 8.98. The summed E-state index contributed by atoms with van der Waals surface area (Å²) in [5.41, 5.74) is 21.1. The van der Waals surface area contributed by atoms with Gasteiger partial charge in [-0.2, -0.15) is 0 Å². The van der Waals surface area contributed by atoms with Crippen molar-refractivity contribution in [3.8, 4) is 39.1 Å². The van der Waals surface area contributed by atoms with E-state index in [9.17, 15) is 0 Å². The Morgan fingerprint density at radius 1 is 0.417 bits per heavy atom. The van der Waals surface area contributed by atoms with Gasteiger partial charge in [-0.1, -0.05) is 109 Å². The third-order valence-electron chi connectivity index (χ3n) is 14.8. The van der Waals surface area contributed by atoms with Crippen LogP contribution in [0.4, 0.5) is 11.4 Å². The molecule has 0 fully saturated rings. The zero-order chi connectivity index (χ0) is 47.3. The van der Waals surface area contributed by atoms with E-state index in [-0.39, 0.29) is 5.92 Å². The molecule has 0 amide bonds. The summed E-state index contributed by atoms with van der Waals surface area (Å²) in [6.45, 7) is 0. The fourth-order valence-electron chi connectivity index (χ4n) is 11.3. The second-order valence-corrected chi connectivity index (χ2v) is 19.0. The van der Waals surface area contributed by atoms with Crippen LogP contribution in [0.5, 0.6) is 0 Å². The van der Waals surface area contributed by atoms with Crippen molar-refractivity contribution in [1.29, 1.82) is 0 Å². The first-order chi connectivity index (χ1) is 35.6. The van der Waals surface area contributed by atoms with Crippen LogP contribution in [0.1, 0.15) is 17.0 Å². The van der Waals surface area contributed by atoms with E-state index in [0.29, 0.717) is 0 Å². The lowest BCUT2D eigenvalue weighted by Gasteiger charge is -2.34. The van der Waals surface area contributed by atoms with Gasteiger partial charge < -0.3 is 18.3 Å². The second kappa shape index (κ2) is 16.0. The zero-order valence-electron chi connectivity index (χ0n) is 38.9. The van der Waals surface area contributed by atoms with Crippen molar-refractivity contribution in [2.24, 2.45) is 0 Å². The van der Waals surface area contributed by atoms with Crippen molar-refractivity contribution in [2.75, 3.05) is 4.90 Å². The molecular formula is C66H42N4O2. The van der Waals surface area contributed by atoms with Gasteiger partial charge in [0.1, 0.15) is 22.3 Å². The second-order valence-electron chi connectivity index (χ2n) is 19.0. The molecule has 6 heterocycles. The summed E-state index contributed by atoms with van der Waals surface area (Å²) in [5, 5.41) is 6.62. The Hall–Kier alpha value is -9.52. The lowest BCUT2D eigenvalue weighted by molar-refractivity contribution is 0.668. The first-order valence-corrected chi connectivity index (χ1v) is 24.5. The van der Waals surface area contributed by atoms with Gasteiger partial charge in [-0.05, 0) is 153 Å². The molecule has 13 aromatic rings. The molecule has 15 rings (SSSR count). The number of para-hydroxylation sites is 2. The molecule has 0 spiro atoms.